The highest BCUT2D eigenvalue weighted by Gasteiger charge is 2.40. The summed E-state index contributed by atoms with van der Waals surface area (Å²) in [5.41, 5.74) is 1.83. The minimum atomic E-state index is -3.02. The molecule has 22 heavy (non-hydrogen) atoms. The zero-order valence-electron chi connectivity index (χ0n) is 12.8. The molecule has 1 aliphatic carbocycles. The van der Waals surface area contributed by atoms with Gasteiger partial charge in [-0.1, -0.05) is 18.6 Å². The summed E-state index contributed by atoms with van der Waals surface area (Å²) < 4.78 is 23.8. The number of carbonyl (C=O) groups excluding carboxylic acids is 1. The molecule has 1 atom stereocenters. The fraction of sp³-hybridized carbons (Fsp3) is 0.562. The molecule has 5 nitrogen and oxygen atoms in total. The van der Waals surface area contributed by atoms with E-state index in [0.29, 0.717) is 12.5 Å². The van der Waals surface area contributed by atoms with Gasteiger partial charge in [0.2, 0.25) is 0 Å². The van der Waals surface area contributed by atoms with Crippen molar-refractivity contribution in [3.05, 3.63) is 29.8 Å². The highest BCUT2D eigenvalue weighted by Crippen LogP contribution is 2.34. The fourth-order valence-electron chi connectivity index (χ4n) is 3.22. The molecule has 1 heterocycles. The van der Waals surface area contributed by atoms with Crippen molar-refractivity contribution < 1.29 is 13.2 Å². The number of urea groups is 1. The Bertz CT molecular complexity index is 668. The van der Waals surface area contributed by atoms with Gasteiger partial charge in [0.15, 0.2) is 9.84 Å². The lowest BCUT2D eigenvalue weighted by Crippen LogP contribution is -2.56. The van der Waals surface area contributed by atoms with Crippen molar-refractivity contribution in [2.75, 3.05) is 23.4 Å². The van der Waals surface area contributed by atoms with E-state index in [1.807, 2.05) is 31.2 Å². The van der Waals surface area contributed by atoms with E-state index in [1.165, 1.54) is 0 Å². The third-order valence-corrected chi connectivity index (χ3v) is 6.35. The Balaban J connectivity index is 1.74. The largest absolute Gasteiger partial charge is 0.322 e. The zero-order chi connectivity index (χ0) is 15.7. The molecule has 1 aliphatic heterocycles. The second kappa shape index (κ2) is 5.91. The van der Waals surface area contributed by atoms with Gasteiger partial charge >= 0.3 is 6.03 Å². The highest BCUT2D eigenvalue weighted by atomic mass is 32.2. The number of nitrogens with zero attached hydrogens (tertiary/aromatic N) is 1. The first-order valence-corrected chi connectivity index (χ1v) is 9.61. The quantitative estimate of drug-likeness (QED) is 0.909. The van der Waals surface area contributed by atoms with Crippen molar-refractivity contribution in [3.8, 4) is 0 Å². The van der Waals surface area contributed by atoms with Crippen LogP contribution in [0.15, 0.2) is 24.3 Å². The molecular formula is C16H22N2O3S. The number of hydrogen-bond acceptors (Lipinski definition) is 3. The average Bonchev–Trinajstić information content (AvgIpc) is 2.35. The molecule has 0 aromatic heterocycles. The standard InChI is InChI=1S/C16H22N2O3S/c1-12-4-2-7-14(10-12)17-16(19)18-8-9-22(20,21)11-15(18)13-5-3-6-13/h2,4,7,10,13,15H,3,5-6,8-9,11H2,1H3,(H,17,19)/t15-/m0/s1. The van der Waals surface area contributed by atoms with Gasteiger partial charge in [0.1, 0.15) is 0 Å². The van der Waals surface area contributed by atoms with Gasteiger partial charge in [0.25, 0.3) is 0 Å². The monoisotopic (exact) mass is 322 g/mol. The van der Waals surface area contributed by atoms with Gasteiger partial charge in [-0.2, -0.15) is 0 Å². The van der Waals surface area contributed by atoms with Crippen LogP contribution in [-0.2, 0) is 9.84 Å². The van der Waals surface area contributed by atoms with E-state index in [0.717, 1.165) is 30.5 Å². The maximum Gasteiger partial charge on any atom is 0.322 e. The maximum absolute atomic E-state index is 12.6. The molecular weight excluding hydrogens is 300 g/mol. The summed E-state index contributed by atoms with van der Waals surface area (Å²) >= 11 is 0. The molecule has 1 saturated carbocycles. The summed E-state index contributed by atoms with van der Waals surface area (Å²) in [6.45, 7) is 2.27. The van der Waals surface area contributed by atoms with Gasteiger partial charge in [0.05, 0.1) is 17.5 Å². The molecule has 120 valence electrons. The Morgan fingerprint density at radius 1 is 1.32 bits per heavy atom. The fourth-order valence-corrected chi connectivity index (χ4v) is 4.84. The van der Waals surface area contributed by atoms with Gasteiger partial charge in [0, 0.05) is 12.2 Å². The van der Waals surface area contributed by atoms with E-state index in [4.69, 9.17) is 0 Å². The molecule has 2 fully saturated rings. The SMILES string of the molecule is Cc1cccc(NC(=O)N2CCS(=O)(=O)C[C@H]2C2CCC2)c1. The number of anilines is 1. The van der Waals surface area contributed by atoms with Gasteiger partial charge in [-0.25, -0.2) is 13.2 Å². The molecule has 2 amide bonds. The molecule has 6 heteroatoms. The Labute approximate surface area is 131 Å². The number of amides is 2. The molecule has 0 radical (unpaired) electrons. The van der Waals surface area contributed by atoms with Crippen LogP contribution in [0.2, 0.25) is 0 Å². The summed E-state index contributed by atoms with van der Waals surface area (Å²) in [6.07, 6.45) is 3.18. The van der Waals surface area contributed by atoms with Crippen molar-refractivity contribution in [2.45, 2.75) is 32.2 Å². The van der Waals surface area contributed by atoms with Gasteiger partial charge in [-0.05, 0) is 43.4 Å². The van der Waals surface area contributed by atoms with Gasteiger partial charge in [-0.3, -0.25) is 0 Å². The number of sulfone groups is 1. The van der Waals surface area contributed by atoms with Crippen molar-refractivity contribution in [2.24, 2.45) is 5.92 Å². The topological polar surface area (TPSA) is 66.5 Å². The number of benzene rings is 1. The summed E-state index contributed by atoms with van der Waals surface area (Å²) in [6, 6.07) is 7.28. The van der Waals surface area contributed by atoms with Crippen LogP contribution >= 0.6 is 0 Å². The van der Waals surface area contributed by atoms with E-state index in [9.17, 15) is 13.2 Å². The Morgan fingerprint density at radius 3 is 2.73 bits per heavy atom. The lowest BCUT2D eigenvalue weighted by molar-refractivity contribution is 0.131. The molecule has 1 aromatic rings. The maximum atomic E-state index is 12.6. The highest BCUT2D eigenvalue weighted by molar-refractivity contribution is 7.91. The number of nitrogens with one attached hydrogen (secondary N) is 1. The zero-order valence-corrected chi connectivity index (χ0v) is 13.6. The van der Waals surface area contributed by atoms with Crippen LogP contribution in [0.4, 0.5) is 10.5 Å². The lowest BCUT2D eigenvalue weighted by atomic mass is 9.79. The van der Waals surface area contributed by atoms with Crippen LogP contribution < -0.4 is 5.32 Å². The number of hydrogen-bond donors (Lipinski definition) is 1. The van der Waals surface area contributed by atoms with Crippen LogP contribution in [-0.4, -0.2) is 43.4 Å². The molecule has 0 bridgehead atoms. The molecule has 1 saturated heterocycles. The first kappa shape index (κ1) is 15.3. The predicted molar refractivity (Wildman–Crippen MR) is 86.7 cm³/mol. The smallest absolute Gasteiger partial charge is 0.319 e. The molecule has 0 spiro atoms. The molecule has 2 aliphatic rings. The summed E-state index contributed by atoms with van der Waals surface area (Å²) in [5.74, 6) is 0.509. The van der Waals surface area contributed by atoms with Crippen LogP contribution in [0.5, 0.6) is 0 Å². The second-order valence-electron chi connectivity index (χ2n) is 6.37. The molecule has 0 unspecified atom stereocenters. The Morgan fingerprint density at radius 2 is 2.09 bits per heavy atom. The van der Waals surface area contributed by atoms with Gasteiger partial charge < -0.3 is 10.2 Å². The summed E-state index contributed by atoms with van der Waals surface area (Å²) in [5, 5.41) is 2.91. The van der Waals surface area contributed by atoms with Crippen LogP contribution in [0, 0.1) is 12.8 Å². The summed E-state index contributed by atoms with van der Waals surface area (Å²) in [4.78, 5) is 14.3. The number of aryl methyl sites for hydroxylation is 1. The predicted octanol–water partition coefficient (Wildman–Crippen LogP) is 2.43. The lowest BCUT2D eigenvalue weighted by Gasteiger charge is -2.43. The van der Waals surface area contributed by atoms with E-state index in [2.05, 4.69) is 5.32 Å². The second-order valence-corrected chi connectivity index (χ2v) is 8.59. The Kier molecular flexibility index (Phi) is 4.12. The van der Waals surface area contributed by atoms with Crippen LogP contribution in [0.3, 0.4) is 0 Å². The Hall–Kier alpha value is -1.56. The van der Waals surface area contributed by atoms with Crippen molar-refractivity contribution >= 4 is 21.6 Å². The first-order valence-electron chi connectivity index (χ1n) is 7.79. The molecule has 1 N–H and O–H groups in total. The van der Waals surface area contributed by atoms with E-state index < -0.39 is 9.84 Å². The van der Waals surface area contributed by atoms with Crippen LogP contribution in [0.1, 0.15) is 24.8 Å². The first-order chi connectivity index (χ1) is 10.4. The number of rotatable bonds is 2. The summed E-state index contributed by atoms with van der Waals surface area (Å²) in [7, 11) is -3.02. The van der Waals surface area contributed by atoms with Gasteiger partial charge in [-0.15, -0.1) is 0 Å². The minimum Gasteiger partial charge on any atom is -0.319 e. The van der Waals surface area contributed by atoms with E-state index in [-0.39, 0.29) is 23.6 Å². The average molecular weight is 322 g/mol. The van der Waals surface area contributed by atoms with E-state index in [1.54, 1.807) is 4.90 Å². The number of carbonyl (C=O) groups is 1. The molecule has 1 aromatic carbocycles. The molecule has 3 rings (SSSR count). The van der Waals surface area contributed by atoms with Crippen molar-refractivity contribution in [1.29, 1.82) is 0 Å². The minimum absolute atomic E-state index is 0.0669. The third kappa shape index (κ3) is 3.27. The normalized spacial score (nSPS) is 24.6. The van der Waals surface area contributed by atoms with Crippen molar-refractivity contribution in [1.82, 2.24) is 4.90 Å². The van der Waals surface area contributed by atoms with Crippen molar-refractivity contribution in [3.63, 3.8) is 0 Å². The third-order valence-electron chi connectivity index (χ3n) is 4.69. The van der Waals surface area contributed by atoms with E-state index >= 15 is 0 Å². The van der Waals surface area contributed by atoms with Crippen LogP contribution in [0.25, 0.3) is 0 Å².